The fourth-order valence-corrected chi connectivity index (χ4v) is 8.59. The van der Waals surface area contributed by atoms with Crippen LogP contribution < -0.4 is 4.90 Å². The first-order valence-corrected chi connectivity index (χ1v) is 16.2. The smallest absolute Gasteiger partial charge is 0.340 e. The summed E-state index contributed by atoms with van der Waals surface area (Å²) in [6.07, 6.45) is -2.81. The number of aliphatic hydroxyl groups is 2. The Bertz CT molecular complexity index is 1580. The van der Waals surface area contributed by atoms with Gasteiger partial charge in [-0.25, -0.2) is 9.37 Å². The fraction of sp³-hybridized carbons (Fsp3) is 0.500. The highest BCUT2D eigenvalue weighted by molar-refractivity contribution is 7.70. The molecule has 2 unspecified atom stereocenters. The minimum atomic E-state index is -4.85. The minimum absolute atomic E-state index is 0.116. The number of imidazole rings is 1. The molecule has 3 aliphatic rings. The Balaban J connectivity index is 1.23. The Hall–Kier alpha value is -2.03. The lowest BCUT2D eigenvalue weighted by atomic mass is 9.74. The molecule has 3 aromatic rings. The van der Waals surface area contributed by atoms with Gasteiger partial charge in [0.2, 0.25) is 5.28 Å². The van der Waals surface area contributed by atoms with Crippen LogP contribution in [0, 0.1) is 5.82 Å². The van der Waals surface area contributed by atoms with E-state index in [4.69, 9.17) is 30.6 Å². The number of nitrogens with zero attached hydrogens (tertiary/aromatic N) is 5. The summed E-state index contributed by atoms with van der Waals surface area (Å²) < 4.78 is 49.5. The normalized spacial score (nSPS) is 27.2. The van der Waals surface area contributed by atoms with E-state index in [0.29, 0.717) is 24.4 Å². The molecule has 216 valence electrons. The lowest BCUT2D eigenvalue weighted by Crippen LogP contribution is -2.59. The number of hydrogen-bond acceptors (Lipinski definition) is 10. The van der Waals surface area contributed by atoms with E-state index in [9.17, 15) is 28.6 Å². The van der Waals surface area contributed by atoms with Gasteiger partial charge in [0, 0.05) is 24.1 Å². The van der Waals surface area contributed by atoms with E-state index in [0.717, 1.165) is 24.0 Å². The molecule has 1 spiro atoms. The first kappa shape index (κ1) is 28.1. The van der Waals surface area contributed by atoms with Crippen molar-refractivity contribution in [2.45, 2.75) is 42.8 Å². The van der Waals surface area contributed by atoms with Gasteiger partial charge in [-0.1, -0.05) is 12.1 Å². The van der Waals surface area contributed by atoms with E-state index < -0.39 is 52.2 Å². The van der Waals surface area contributed by atoms with Gasteiger partial charge in [0.1, 0.15) is 24.1 Å². The molecule has 1 aliphatic carbocycles. The van der Waals surface area contributed by atoms with Gasteiger partial charge >= 0.3 is 15.2 Å². The van der Waals surface area contributed by atoms with Crippen molar-refractivity contribution in [3.8, 4) is 0 Å². The highest BCUT2D eigenvalue weighted by Crippen LogP contribution is 2.55. The number of rotatable bonds is 7. The standard InChI is InChI=1S/C22H25ClFN5O9P2/c23-21-26-18(28-7-22(8-28)5-4-11-2-1-3-12(24)14(11)22)15-19(27-21)29(9-25-15)20-17(31)16(30)13(38-20)6-37-40(35,36)10-39(32,33)34/h1-3,9,13,16-17,20,30-31H,4-8,10H2,(H,35,36)(H2,32,33,34)/t13-,16+,17?,20-/m1/s1. The lowest BCUT2D eigenvalue weighted by Gasteiger charge is -2.49. The van der Waals surface area contributed by atoms with E-state index in [2.05, 4.69) is 15.0 Å². The molecule has 6 rings (SSSR count). The van der Waals surface area contributed by atoms with Crippen molar-refractivity contribution in [3.63, 3.8) is 0 Å². The predicted octanol–water partition coefficient (Wildman–Crippen LogP) is 1.28. The van der Waals surface area contributed by atoms with Crippen LogP contribution in [0.25, 0.3) is 11.2 Å². The molecule has 0 radical (unpaired) electrons. The van der Waals surface area contributed by atoms with Crippen LogP contribution in [-0.4, -0.2) is 88.3 Å². The predicted molar refractivity (Wildman–Crippen MR) is 138 cm³/mol. The maximum Gasteiger partial charge on any atom is 0.340 e. The van der Waals surface area contributed by atoms with Crippen molar-refractivity contribution in [2.24, 2.45) is 0 Å². The van der Waals surface area contributed by atoms with Crippen molar-refractivity contribution in [1.29, 1.82) is 0 Å². The number of aromatic nitrogens is 4. The number of fused-ring (bicyclic) bond motifs is 3. The summed E-state index contributed by atoms with van der Waals surface area (Å²) in [7, 11) is -9.56. The molecule has 14 nitrogen and oxygen atoms in total. The molecule has 40 heavy (non-hydrogen) atoms. The average molecular weight is 620 g/mol. The third-order valence-electron chi connectivity index (χ3n) is 7.58. The molecule has 1 aromatic carbocycles. The van der Waals surface area contributed by atoms with Crippen LogP contribution in [0.2, 0.25) is 5.28 Å². The van der Waals surface area contributed by atoms with Crippen molar-refractivity contribution < 1.29 is 47.7 Å². The van der Waals surface area contributed by atoms with Crippen molar-refractivity contribution in [3.05, 3.63) is 46.8 Å². The summed E-state index contributed by atoms with van der Waals surface area (Å²) in [5.41, 5.74) is 1.89. The van der Waals surface area contributed by atoms with Gasteiger partial charge < -0.3 is 39.1 Å². The molecule has 2 aromatic heterocycles. The maximum atomic E-state index is 14.7. The molecule has 2 fully saturated rings. The second-order valence-corrected chi connectivity index (χ2v) is 14.7. The van der Waals surface area contributed by atoms with Crippen molar-refractivity contribution in [2.75, 3.05) is 30.5 Å². The van der Waals surface area contributed by atoms with Crippen LogP contribution in [0.4, 0.5) is 10.2 Å². The summed E-state index contributed by atoms with van der Waals surface area (Å²) in [5, 5.41) is 21.0. The van der Waals surface area contributed by atoms with Gasteiger partial charge in [-0.2, -0.15) is 9.97 Å². The van der Waals surface area contributed by atoms with Crippen LogP contribution in [0.5, 0.6) is 0 Å². The number of hydrogen-bond donors (Lipinski definition) is 5. The van der Waals surface area contributed by atoms with Crippen LogP contribution in [0.15, 0.2) is 24.5 Å². The highest BCUT2D eigenvalue weighted by Gasteiger charge is 2.51. The van der Waals surface area contributed by atoms with Gasteiger partial charge in [0.15, 0.2) is 29.1 Å². The van der Waals surface area contributed by atoms with Gasteiger partial charge in [0.05, 0.1) is 12.9 Å². The number of ether oxygens (including phenoxy) is 1. The fourth-order valence-electron chi connectivity index (χ4n) is 5.86. The van der Waals surface area contributed by atoms with E-state index in [1.807, 2.05) is 11.0 Å². The van der Waals surface area contributed by atoms with Gasteiger partial charge in [-0.15, -0.1) is 0 Å². The van der Waals surface area contributed by atoms with Crippen LogP contribution in [-0.2, 0) is 30.2 Å². The maximum absolute atomic E-state index is 14.7. The number of aryl methyl sites for hydroxylation is 1. The monoisotopic (exact) mass is 619 g/mol. The van der Waals surface area contributed by atoms with E-state index in [1.165, 1.54) is 17.0 Å². The Kier molecular flexibility index (Phi) is 6.87. The zero-order valence-corrected chi connectivity index (χ0v) is 23.2. The number of benzene rings is 1. The Morgan fingerprint density at radius 2 is 1.93 bits per heavy atom. The first-order valence-electron chi connectivity index (χ1n) is 12.2. The molecule has 0 saturated carbocycles. The Labute approximate surface area is 231 Å². The molecule has 5 N–H and O–H groups in total. The molecule has 4 heterocycles. The third-order valence-corrected chi connectivity index (χ3v) is 11.2. The zero-order valence-electron chi connectivity index (χ0n) is 20.6. The Morgan fingerprint density at radius 3 is 2.65 bits per heavy atom. The molecule has 2 aliphatic heterocycles. The van der Waals surface area contributed by atoms with E-state index in [-0.39, 0.29) is 22.2 Å². The SMILES string of the molecule is O=P(O)(O)CP(=O)(O)OC[C@H]1O[C@@H](n2cnc3c(N4CC5(CCc6cccc(F)c65)C4)nc(Cl)nc32)C(O)[C@H]1O. The van der Waals surface area contributed by atoms with Gasteiger partial charge in [-0.05, 0) is 36.1 Å². The summed E-state index contributed by atoms with van der Waals surface area (Å²) >= 11 is 6.24. The zero-order chi connectivity index (χ0) is 28.6. The molecule has 5 atom stereocenters. The summed E-state index contributed by atoms with van der Waals surface area (Å²) in [6.45, 7) is 0.253. The summed E-state index contributed by atoms with van der Waals surface area (Å²) in [4.78, 5) is 42.5. The number of halogens is 2. The molecule has 0 bridgehead atoms. The second-order valence-electron chi connectivity index (χ2n) is 10.3. The quantitative estimate of drug-likeness (QED) is 0.187. The van der Waals surface area contributed by atoms with Crippen LogP contribution in [0.3, 0.4) is 0 Å². The molecular formula is C22H25ClFN5O9P2. The third kappa shape index (κ3) is 4.88. The van der Waals surface area contributed by atoms with E-state index in [1.54, 1.807) is 6.07 Å². The molecule has 18 heteroatoms. The van der Waals surface area contributed by atoms with Crippen LogP contribution in [0.1, 0.15) is 23.8 Å². The van der Waals surface area contributed by atoms with E-state index >= 15 is 0 Å². The van der Waals surface area contributed by atoms with Crippen molar-refractivity contribution in [1.82, 2.24) is 19.5 Å². The molecule has 0 amide bonds. The largest absolute Gasteiger partial charge is 0.387 e. The first-order chi connectivity index (χ1) is 18.8. The van der Waals surface area contributed by atoms with Crippen molar-refractivity contribution >= 4 is 43.8 Å². The molecular weight excluding hydrogens is 595 g/mol. The molecule has 2 saturated heterocycles. The van der Waals surface area contributed by atoms with Gasteiger partial charge in [-0.3, -0.25) is 13.7 Å². The number of aliphatic hydroxyl groups excluding tert-OH is 2. The topological polar surface area (TPSA) is 201 Å². The van der Waals surface area contributed by atoms with Crippen LogP contribution >= 0.6 is 26.8 Å². The second kappa shape index (κ2) is 9.77. The Morgan fingerprint density at radius 1 is 1.18 bits per heavy atom. The summed E-state index contributed by atoms with van der Waals surface area (Å²) in [6, 6.07) is 5.11. The lowest BCUT2D eigenvalue weighted by molar-refractivity contribution is -0.0483. The minimum Gasteiger partial charge on any atom is -0.387 e. The summed E-state index contributed by atoms with van der Waals surface area (Å²) in [5.74, 6) is -1.22. The van der Waals surface area contributed by atoms with Gasteiger partial charge in [0.25, 0.3) is 0 Å². The highest BCUT2D eigenvalue weighted by atomic mass is 35.5. The number of anilines is 1. The average Bonchev–Trinajstić information content (AvgIpc) is 3.50.